The van der Waals surface area contributed by atoms with Crippen LogP contribution in [0.2, 0.25) is 0 Å². The molecule has 40 heavy (non-hydrogen) atoms. The van der Waals surface area contributed by atoms with Gasteiger partial charge in [-0.2, -0.15) is 0 Å². The number of amides is 2. The molecule has 0 bridgehead atoms. The van der Waals surface area contributed by atoms with Crippen LogP contribution < -0.4 is 11.1 Å². The minimum Gasteiger partial charge on any atom is -0.505 e. The lowest BCUT2D eigenvalue weighted by atomic mass is 10.1. The van der Waals surface area contributed by atoms with Gasteiger partial charge in [-0.3, -0.25) is 4.79 Å². The van der Waals surface area contributed by atoms with Crippen LogP contribution in [0, 0.1) is 0 Å². The second kappa shape index (κ2) is 11.1. The number of benzene rings is 2. The largest absolute Gasteiger partial charge is 0.505 e. The molecule has 3 rings (SSSR count). The van der Waals surface area contributed by atoms with Crippen LogP contribution >= 0.6 is 0 Å². The summed E-state index contributed by atoms with van der Waals surface area (Å²) in [4.78, 5) is 35.3. The van der Waals surface area contributed by atoms with Crippen molar-refractivity contribution in [3.05, 3.63) is 59.9 Å². The summed E-state index contributed by atoms with van der Waals surface area (Å²) in [6.45, 7) is 10.2. The van der Waals surface area contributed by atoms with Crippen LogP contribution in [0.4, 0.5) is 16.3 Å². The number of phenolic OH excluding ortho intramolecular Hbond substituents is 1. The standard InChI is InChI=1S/C28H35N5O6S/c1-27(2,3)39-26(36)33(7)16-18-9-8-10-20(23(18)34)32-25(35)22-24(29)30-15-21(31-22)17-11-13-19(14-12-17)40(37,38)28(4,5)6/h8-15,34H,16H2,1-7H3,(H2,29,30)(H,32,35). The van der Waals surface area contributed by atoms with Crippen molar-refractivity contribution in [1.29, 1.82) is 0 Å². The maximum atomic E-state index is 13.1. The first kappa shape index (κ1) is 30.4. The lowest BCUT2D eigenvalue weighted by Crippen LogP contribution is -2.33. The molecule has 0 saturated heterocycles. The minimum absolute atomic E-state index is 0.0306. The Morgan fingerprint density at radius 1 is 1.05 bits per heavy atom. The predicted molar refractivity (Wildman–Crippen MR) is 153 cm³/mol. The molecule has 1 heterocycles. The highest BCUT2D eigenvalue weighted by Gasteiger charge is 2.30. The van der Waals surface area contributed by atoms with Gasteiger partial charge in [-0.15, -0.1) is 0 Å². The van der Waals surface area contributed by atoms with Gasteiger partial charge in [0.05, 0.1) is 33.8 Å². The highest BCUT2D eigenvalue weighted by Crippen LogP contribution is 2.30. The van der Waals surface area contributed by atoms with E-state index < -0.39 is 32.2 Å². The van der Waals surface area contributed by atoms with E-state index in [9.17, 15) is 23.1 Å². The number of nitrogens with one attached hydrogen (secondary N) is 1. The number of hydrogen-bond acceptors (Lipinski definition) is 9. The Morgan fingerprint density at radius 3 is 2.25 bits per heavy atom. The van der Waals surface area contributed by atoms with Crippen LogP contribution in [0.1, 0.15) is 57.6 Å². The van der Waals surface area contributed by atoms with Gasteiger partial charge in [0.1, 0.15) is 11.4 Å². The van der Waals surface area contributed by atoms with Gasteiger partial charge < -0.3 is 25.8 Å². The molecular weight excluding hydrogens is 534 g/mol. The molecule has 1 aromatic heterocycles. The number of nitrogens with two attached hydrogens (primary N) is 1. The van der Waals surface area contributed by atoms with E-state index in [4.69, 9.17) is 10.5 Å². The second-order valence-electron chi connectivity index (χ2n) is 11.2. The number of phenols is 1. The van der Waals surface area contributed by atoms with Gasteiger partial charge in [0.15, 0.2) is 21.3 Å². The lowest BCUT2D eigenvalue weighted by molar-refractivity contribution is 0.0284. The first-order valence-corrected chi connectivity index (χ1v) is 13.9. The summed E-state index contributed by atoms with van der Waals surface area (Å²) >= 11 is 0. The molecule has 0 fully saturated rings. The summed E-state index contributed by atoms with van der Waals surface area (Å²) in [5.74, 6) is -1.08. The Hall–Kier alpha value is -4.19. The van der Waals surface area contributed by atoms with Gasteiger partial charge >= 0.3 is 6.09 Å². The number of sulfone groups is 1. The number of anilines is 2. The third-order valence-electron chi connectivity index (χ3n) is 5.76. The Balaban J connectivity index is 1.83. The van der Waals surface area contributed by atoms with Crippen molar-refractivity contribution < 1.29 is 27.9 Å². The van der Waals surface area contributed by atoms with E-state index in [1.165, 1.54) is 36.3 Å². The highest BCUT2D eigenvalue weighted by atomic mass is 32.2. The predicted octanol–water partition coefficient (Wildman–Crippen LogP) is 4.62. The third kappa shape index (κ3) is 6.87. The van der Waals surface area contributed by atoms with Gasteiger partial charge in [-0.25, -0.2) is 23.2 Å². The summed E-state index contributed by atoms with van der Waals surface area (Å²) in [5.41, 5.74) is 6.38. The average molecular weight is 570 g/mol. The SMILES string of the molecule is CN(Cc1cccc(NC(=O)c2nc(-c3ccc(S(=O)(=O)C(C)(C)C)cc3)cnc2N)c1O)C(=O)OC(C)(C)C. The van der Waals surface area contributed by atoms with Crippen molar-refractivity contribution in [3.8, 4) is 17.0 Å². The number of carbonyl (C=O) groups excluding carboxylic acids is 2. The monoisotopic (exact) mass is 569 g/mol. The molecule has 4 N–H and O–H groups in total. The fourth-order valence-electron chi connectivity index (χ4n) is 3.52. The van der Waals surface area contributed by atoms with E-state index in [2.05, 4.69) is 15.3 Å². The van der Waals surface area contributed by atoms with Gasteiger partial charge in [0.25, 0.3) is 5.91 Å². The van der Waals surface area contributed by atoms with Crippen LogP contribution in [0.25, 0.3) is 11.3 Å². The second-order valence-corrected chi connectivity index (χ2v) is 13.9. The van der Waals surface area contributed by atoms with Crippen molar-refractivity contribution in [2.75, 3.05) is 18.1 Å². The van der Waals surface area contributed by atoms with Gasteiger partial charge in [-0.05, 0) is 59.7 Å². The smallest absolute Gasteiger partial charge is 0.410 e. The first-order chi connectivity index (χ1) is 18.4. The molecule has 214 valence electrons. The molecule has 12 heteroatoms. The summed E-state index contributed by atoms with van der Waals surface area (Å²) in [6.07, 6.45) is 0.814. The number of aromatic hydroxyl groups is 1. The summed E-state index contributed by atoms with van der Waals surface area (Å²) in [7, 11) is -2.01. The quantitative estimate of drug-likeness (QED) is 0.359. The van der Waals surface area contributed by atoms with E-state index in [0.29, 0.717) is 16.8 Å². The zero-order valence-electron chi connectivity index (χ0n) is 23.6. The average Bonchev–Trinajstić information content (AvgIpc) is 2.85. The van der Waals surface area contributed by atoms with Crippen molar-refractivity contribution in [3.63, 3.8) is 0 Å². The zero-order valence-corrected chi connectivity index (χ0v) is 24.5. The summed E-state index contributed by atoms with van der Waals surface area (Å²) < 4.78 is 29.8. The molecule has 0 atom stereocenters. The van der Waals surface area contributed by atoms with Crippen molar-refractivity contribution >= 4 is 33.3 Å². The fourth-order valence-corrected chi connectivity index (χ4v) is 4.73. The lowest BCUT2D eigenvalue weighted by Gasteiger charge is -2.25. The van der Waals surface area contributed by atoms with Gasteiger partial charge in [0.2, 0.25) is 0 Å². The first-order valence-electron chi connectivity index (χ1n) is 12.4. The Labute approximate surface area is 234 Å². The van der Waals surface area contributed by atoms with Crippen LogP contribution in [-0.4, -0.2) is 57.8 Å². The van der Waals surface area contributed by atoms with Crippen LogP contribution in [0.15, 0.2) is 53.6 Å². The number of rotatable bonds is 6. The van der Waals surface area contributed by atoms with E-state index in [0.717, 1.165) is 0 Å². The molecule has 0 aliphatic heterocycles. The van der Waals surface area contributed by atoms with E-state index in [1.54, 1.807) is 65.8 Å². The number of hydrogen-bond donors (Lipinski definition) is 3. The Bertz CT molecular complexity index is 1520. The number of aromatic nitrogens is 2. The normalized spacial score (nSPS) is 12.1. The summed E-state index contributed by atoms with van der Waals surface area (Å²) in [5, 5.41) is 13.4. The highest BCUT2D eigenvalue weighted by molar-refractivity contribution is 7.92. The van der Waals surface area contributed by atoms with Gasteiger partial charge in [-0.1, -0.05) is 24.3 Å². The van der Waals surface area contributed by atoms with Crippen LogP contribution in [0.5, 0.6) is 5.75 Å². The topological polar surface area (TPSA) is 165 Å². The third-order valence-corrected chi connectivity index (χ3v) is 8.27. The Kier molecular flexibility index (Phi) is 8.44. The van der Waals surface area contributed by atoms with Gasteiger partial charge in [0, 0.05) is 18.2 Å². The zero-order chi connectivity index (χ0) is 30.0. The van der Waals surface area contributed by atoms with Crippen molar-refractivity contribution in [2.45, 2.75) is 63.3 Å². The Morgan fingerprint density at radius 2 is 1.68 bits per heavy atom. The number of carbonyl (C=O) groups is 2. The molecule has 0 radical (unpaired) electrons. The number of nitrogens with zero attached hydrogens (tertiary/aromatic N) is 3. The molecule has 11 nitrogen and oxygen atoms in total. The molecule has 0 saturated carbocycles. The molecule has 0 aliphatic carbocycles. The molecular formula is C28H35N5O6S. The number of ether oxygens (including phenoxy) is 1. The number of para-hydroxylation sites is 1. The maximum absolute atomic E-state index is 13.1. The van der Waals surface area contributed by atoms with Crippen molar-refractivity contribution in [1.82, 2.24) is 14.9 Å². The molecule has 0 unspecified atom stereocenters. The van der Waals surface area contributed by atoms with E-state index in [-0.39, 0.29) is 34.4 Å². The van der Waals surface area contributed by atoms with E-state index in [1.807, 2.05) is 0 Å². The minimum atomic E-state index is -3.54. The van der Waals surface area contributed by atoms with Crippen LogP contribution in [0.3, 0.4) is 0 Å². The molecule has 0 spiro atoms. The maximum Gasteiger partial charge on any atom is 0.410 e. The molecule has 2 aromatic carbocycles. The van der Waals surface area contributed by atoms with Crippen LogP contribution in [-0.2, 0) is 21.1 Å². The molecule has 0 aliphatic rings. The molecule has 2 amide bonds. The number of nitrogen functional groups attached to an aromatic ring is 1. The summed E-state index contributed by atoms with van der Waals surface area (Å²) in [6, 6.07) is 10.8. The fraction of sp³-hybridized carbons (Fsp3) is 0.357. The van der Waals surface area contributed by atoms with Crippen molar-refractivity contribution in [2.24, 2.45) is 0 Å². The molecule has 3 aromatic rings. The van der Waals surface area contributed by atoms with E-state index >= 15 is 0 Å².